The van der Waals surface area contributed by atoms with E-state index < -0.39 is 0 Å². The summed E-state index contributed by atoms with van der Waals surface area (Å²) >= 11 is 5.61. The van der Waals surface area contributed by atoms with Crippen molar-refractivity contribution in [2.24, 2.45) is 0 Å². The first kappa shape index (κ1) is 10.6. The van der Waals surface area contributed by atoms with Gasteiger partial charge in [0.15, 0.2) is 5.75 Å². The maximum Gasteiger partial charge on any atom is 0.246 e. The zero-order chi connectivity index (χ0) is 11.5. The van der Waals surface area contributed by atoms with E-state index in [1.807, 2.05) is 24.3 Å². The molecule has 0 aliphatic rings. The Kier molecular flexibility index (Phi) is 2.84. The molecule has 4 heteroatoms. The van der Waals surface area contributed by atoms with Gasteiger partial charge in [-0.2, -0.15) is 5.26 Å². The Morgan fingerprint density at radius 2 is 2.25 bits per heavy atom. The number of rotatable bonds is 3. The van der Waals surface area contributed by atoms with Crippen molar-refractivity contribution in [3.63, 3.8) is 0 Å². The van der Waals surface area contributed by atoms with Gasteiger partial charge >= 0.3 is 0 Å². The van der Waals surface area contributed by atoms with E-state index >= 15 is 0 Å². The van der Waals surface area contributed by atoms with Gasteiger partial charge in [0.1, 0.15) is 18.3 Å². The summed E-state index contributed by atoms with van der Waals surface area (Å²) in [6, 6.07) is 9.23. The summed E-state index contributed by atoms with van der Waals surface area (Å²) in [5.41, 5.74) is 0.620. The number of benzene rings is 1. The number of nitriles is 1. The van der Waals surface area contributed by atoms with Crippen molar-refractivity contribution >= 4 is 22.6 Å². The molecule has 1 aromatic heterocycles. The quantitative estimate of drug-likeness (QED) is 0.816. The first-order valence-electron chi connectivity index (χ1n) is 4.60. The molecular weight excluding hydrogens is 226 g/mol. The largest absolute Gasteiger partial charge is 0.483 e. The number of ether oxygens (including phenoxy) is 1. The van der Waals surface area contributed by atoms with Crippen LogP contribution in [0.2, 0.25) is 0 Å². The smallest absolute Gasteiger partial charge is 0.246 e. The highest BCUT2D eigenvalue weighted by atomic mass is 35.5. The van der Waals surface area contributed by atoms with Crippen LogP contribution in [0.3, 0.4) is 0 Å². The average Bonchev–Trinajstić information content (AvgIpc) is 2.64. The van der Waals surface area contributed by atoms with Crippen LogP contribution in [0.25, 0.3) is 11.0 Å². The molecule has 2 rings (SSSR count). The number of hydrogen-bond donors (Lipinski definition) is 0. The molecule has 0 amide bonds. The molecule has 2 aromatic rings. The van der Waals surface area contributed by atoms with E-state index in [4.69, 9.17) is 26.0 Å². The summed E-state index contributed by atoms with van der Waals surface area (Å²) < 4.78 is 10.7. The second kappa shape index (κ2) is 4.30. The molecule has 0 atom stereocenters. The first-order chi connectivity index (χ1) is 7.72. The molecule has 0 saturated heterocycles. The fourth-order valence-electron chi connectivity index (χ4n) is 1.39. The lowest BCUT2D eigenvalue weighted by molar-refractivity contribution is 0.355. The molecule has 0 N–H and O–H groups in total. The molecule has 0 unspecified atom stereocenters. The second-order valence-electron chi connectivity index (χ2n) is 3.17. The zero-order valence-corrected chi connectivity index (χ0v) is 9.12. The first-order valence-corrected chi connectivity index (χ1v) is 4.98. The Balaban J connectivity index is 2.48. The predicted molar refractivity (Wildman–Crippen MR) is 61.4 cm³/mol. The van der Waals surface area contributed by atoms with Crippen LogP contribution in [0.4, 0.5) is 0 Å². The van der Waals surface area contributed by atoms with Crippen molar-refractivity contribution in [2.45, 2.75) is 0 Å². The molecule has 16 heavy (non-hydrogen) atoms. The fourth-order valence-corrected chi connectivity index (χ4v) is 1.44. The third-order valence-electron chi connectivity index (χ3n) is 2.02. The van der Waals surface area contributed by atoms with Crippen molar-refractivity contribution in [2.75, 3.05) is 6.61 Å². The van der Waals surface area contributed by atoms with E-state index in [1.54, 1.807) is 6.07 Å². The summed E-state index contributed by atoms with van der Waals surface area (Å²) in [5.74, 6) is 0.569. The summed E-state index contributed by atoms with van der Waals surface area (Å²) in [6.07, 6.45) is 0. The van der Waals surface area contributed by atoms with E-state index in [2.05, 4.69) is 6.58 Å². The molecule has 80 valence electrons. The van der Waals surface area contributed by atoms with Crippen LogP contribution in [0.15, 0.2) is 40.3 Å². The second-order valence-corrected chi connectivity index (χ2v) is 3.71. The lowest BCUT2D eigenvalue weighted by atomic mass is 10.2. The van der Waals surface area contributed by atoms with Gasteiger partial charge < -0.3 is 9.15 Å². The van der Waals surface area contributed by atoms with Crippen molar-refractivity contribution in [1.82, 2.24) is 0 Å². The van der Waals surface area contributed by atoms with Gasteiger partial charge in [-0.05, 0) is 12.1 Å². The van der Waals surface area contributed by atoms with Crippen LogP contribution in [-0.4, -0.2) is 6.61 Å². The Bertz CT molecular complexity index is 580. The van der Waals surface area contributed by atoms with Crippen LogP contribution < -0.4 is 4.74 Å². The third-order valence-corrected chi connectivity index (χ3v) is 2.13. The Labute approximate surface area is 97.5 Å². The van der Waals surface area contributed by atoms with Crippen LogP contribution >= 0.6 is 11.6 Å². The topological polar surface area (TPSA) is 46.2 Å². The normalized spacial score (nSPS) is 10.0. The van der Waals surface area contributed by atoms with Gasteiger partial charge in [-0.3, -0.25) is 0 Å². The number of furan rings is 1. The van der Waals surface area contributed by atoms with E-state index in [1.165, 1.54) is 0 Å². The van der Waals surface area contributed by atoms with Gasteiger partial charge in [0, 0.05) is 5.03 Å². The lowest BCUT2D eigenvalue weighted by Crippen LogP contribution is -1.96. The Hall–Kier alpha value is -1.92. The van der Waals surface area contributed by atoms with Gasteiger partial charge in [-0.1, -0.05) is 30.3 Å². The monoisotopic (exact) mass is 233 g/mol. The highest BCUT2D eigenvalue weighted by Gasteiger charge is 2.14. The van der Waals surface area contributed by atoms with E-state index in [9.17, 15) is 0 Å². The molecular formula is C12H8ClNO2. The predicted octanol–water partition coefficient (Wildman–Crippen LogP) is 3.44. The van der Waals surface area contributed by atoms with Gasteiger partial charge in [0.25, 0.3) is 0 Å². The maximum absolute atomic E-state index is 8.91. The molecule has 1 heterocycles. The highest BCUT2D eigenvalue weighted by molar-refractivity contribution is 6.29. The molecule has 0 spiro atoms. The minimum Gasteiger partial charge on any atom is -0.483 e. The Morgan fingerprint density at radius 1 is 1.50 bits per heavy atom. The minimum atomic E-state index is 0.152. The van der Waals surface area contributed by atoms with Gasteiger partial charge in [0.2, 0.25) is 5.76 Å². The fraction of sp³-hybridized carbons (Fsp3) is 0.0833. The van der Waals surface area contributed by atoms with Crippen molar-refractivity contribution in [1.29, 1.82) is 5.26 Å². The molecule has 0 aliphatic heterocycles. The van der Waals surface area contributed by atoms with E-state index in [0.29, 0.717) is 16.4 Å². The molecule has 3 nitrogen and oxygen atoms in total. The van der Waals surface area contributed by atoms with Crippen molar-refractivity contribution < 1.29 is 9.15 Å². The van der Waals surface area contributed by atoms with Gasteiger partial charge in [-0.15, -0.1) is 0 Å². The van der Waals surface area contributed by atoms with Gasteiger partial charge in [-0.25, -0.2) is 0 Å². The number of hydrogen-bond acceptors (Lipinski definition) is 3. The molecule has 1 aromatic carbocycles. The Morgan fingerprint density at radius 3 is 2.94 bits per heavy atom. The maximum atomic E-state index is 8.91. The number of halogens is 1. The molecule has 0 aliphatic carbocycles. The highest BCUT2D eigenvalue weighted by Crippen LogP contribution is 2.32. The third kappa shape index (κ3) is 1.88. The number of para-hydroxylation sites is 1. The van der Waals surface area contributed by atoms with E-state index in [-0.39, 0.29) is 12.4 Å². The summed E-state index contributed by atoms with van der Waals surface area (Å²) in [5, 5.41) is 10.0. The average molecular weight is 234 g/mol. The van der Waals surface area contributed by atoms with Gasteiger partial charge in [0.05, 0.1) is 5.39 Å². The zero-order valence-electron chi connectivity index (χ0n) is 8.37. The molecule has 0 fully saturated rings. The van der Waals surface area contributed by atoms with Crippen molar-refractivity contribution in [3.05, 3.63) is 41.6 Å². The van der Waals surface area contributed by atoms with Crippen LogP contribution in [-0.2, 0) is 0 Å². The van der Waals surface area contributed by atoms with E-state index in [0.717, 1.165) is 5.39 Å². The molecule has 0 saturated carbocycles. The SMILES string of the molecule is C=C(Cl)COc1c(C#N)oc2ccccc12. The van der Waals surface area contributed by atoms with Crippen LogP contribution in [0.5, 0.6) is 5.75 Å². The summed E-state index contributed by atoms with van der Waals surface area (Å²) in [4.78, 5) is 0. The minimum absolute atomic E-state index is 0.152. The summed E-state index contributed by atoms with van der Waals surface area (Å²) in [6.45, 7) is 3.67. The number of fused-ring (bicyclic) bond motifs is 1. The van der Waals surface area contributed by atoms with Crippen molar-refractivity contribution in [3.8, 4) is 11.8 Å². The van der Waals surface area contributed by atoms with Crippen LogP contribution in [0, 0.1) is 11.3 Å². The van der Waals surface area contributed by atoms with Crippen LogP contribution in [0.1, 0.15) is 5.76 Å². The lowest BCUT2D eigenvalue weighted by Gasteiger charge is -2.01. The molecule has 0 bridgehead atoms. The number of nitrogens with zero attached hydrogens (tertiary/aromatic N) is 1. The summed E-state index contributed by atoms with van der Waals surface area (Å²) in [7, 11) is 0. The molecule has 0 radical (unpaired) electrons. The standard InChI is InChI=1S/C12H8ClNO2/c1-8(13)7-15-12-9-4-2-3-5-10(9)16-11(12)6-14/h2-5H,1,7H2.